The van der Waals surface area contributed by atoms with Crippen molar-refractivity contribution in [3.63, 3.8) is 0 Å². The van der Waals surface area contributed by atoms with Gasteiger partial charge < -0.3 is 0 Å². The van der Waals surface area contributed by atoms with Gasteiger partial charge in [0.1, 0.15) is 6.67 Å². The van der Waals surface area contributed by atoms with Crippen molar-refractivity contribution in [3.8, 4) is 6.07 Å². The SMILES string of the molecule is Cc1ccc(CF)c(C#N)c1. The minimum Gasteiger partial charge on any atom is -0.246 e. The lowest BCUT2D eigenvalue weighted by atomic mass is 10.1. The van der Waals surface area contributed by atoms with E-state index in [4.69, 9.17) is 5.26 Å². The lowest BCUT2D eigenvalue weighted by Gasteiger charge is -1.98. The van der Waals surface area contributed by atoms with Gasteiger partial charge in [-0.1, -0.05) is 12.1 Å². The van der Waals surface area contributed by atoms with E-state index in [1.54, 1.807) is 18.2 Å². The number of alkyl halides is 1. The molecule has 0 aliphatic carbocycles. The molecule has 0 saturated heterocycles. The molecule has 1 aromatic carbocycles. The molecule has 2 heteroatoms. The van der Waals surface area contributed by atoms with Crippen LogP contribution in [0.3, 0.4) is 0 Å². The molecule has 0 aliphatic rings. The standard InChI is InChI=1S/C9H8FN/c1-7-2-3-8(5-10)9(4-7)6-11/h2-4H,5H2,1H3. The number of halogens is 1. The topological polar surface area (TPSA) is 23.8 Å². The normalized spacial score (nSPS) is 9.18. The average Bonchev–Trinajstić information content (AvgIpc) is 2.04. The molecule has 1 rings (SSSR count). The zero-order valence-electron chi connectivity index (χ0n) is 6.26. The monoisotopic (exact) mass is 149 g/mol. The van der Waals surface area contributed by atoms with Crippen LogP contribution in [-0.4, -0.2) is 0 Å². The molecule has 0 aromatic heterocycles. The fourth-order valence-corrected chi connectivity index (χ4v) is 0.911. The number of nitrogens with zero attached hydrogens (tertiary/aromatic N) is 1. The van der Waals surface area contributed by atoms with E-state index in [9.17, 15) is 4.39 Å². The first-order valence-corrected chi connectivity index (χ1v) is 3.33. The summed E-state index contributed by atoms with van der Waals surface area (Å²) in [7, 11) is 0. The molecule has 0 radical (unpaired) electrons. The van der Waals surface area contributed by atoms with Crippen LogP contribution in [0.1, 0.15) is 16.7 Å². The van der Waals surface area contributed by atoms with Gasteiger partial charge in [0.2, 0.25) is 0 Å². The van der Waals surface area contributed by atoms with Crippen LogP contribution in [0.5, 0.6) is 0 Å². The van der Waals surface area contributed by atoms with Crippen LogP contribution < -0.4 is 0 Å². The molecular weight excluding hydrogens is 141 g/mol. The van der Waals surface area contributed by atoms with Crippen molar-refractivity contribution < 1.29 is 4.39 Å². The second-order valence-electron chi connectivity index (χ2n) is 2.41. The molecule has 0 saturated carbocycles. The quantitative estimate of drug-likeness (QED) is 0.601. The van der Waals surface area contributed by atoms with Gasteiger partial charge in [0.25, 0.3) is 0 Å². The number of hydrogen-bond donors (Lipinski definition) is 0. The van der Waals surface area contributed by atoms with Crippen molar-refractivity contribution in [2.45, 2.75) is 13.6 Å². The number of nitriles is 1. The summed E-state index contributed by atoms with van der Waals surface area (Å²) in [5, 5.41) is 8.56. The maximum absolute atomic E-state index is 12.2. The first-order valence-electron chi connectivity index (χ1n) is 3.33. The molecule has 0 amide bonds. The van der Waals surface area contributed by atoms with E-state index in [2.05, 4.69) is 0 Å². The molecule has 0 bridgehead atoms. The molecule has 1 nitrogen and oxygen atoms in total. The summed E-state index contributed by atoms with van der Waals surface area (Å²) < 4.78 is 12.2. The Morgan fingerprint density at radius 3 is 2.82 bits per heavy atom. The fourth-order valence-electron chi connectivity index (χ4n) is 0.911. The van der Waals surface area contributed by atoms with Gasteiger partial charge in [-0.2, -0.15) is 5.26 Å². The van der Waals surface area contributed by atoms with Gasteiger partial charge in [0.05, 0.1) is 11.6 Å². The van der Waals surface area contributed by atoms with E-state index in [1.165, 1.54) is 0 Å². The van der Waals surface area contributed by atoms with Crippen molar-refractivity contribution in [1.82, 2.24) is 0 Å². The summed E-state index contributed by atoms with van der Waals surface area (Å²) in [6, 6.07) is 7.08. The Morgan fingerprint density at radius 2 is 2.27 bits per heavy atom. The summed E-state index contributed by atoms with van der Waals surface area (Å²) >= 11 is 0. The lowest BCUT2D eigenvalue weighted by Crippen LogP contribution is -1.86. The Hall–Kier alpha value is -1.36. The Labute approximate surface area is 65.1 Å². The Kier molecular flexibility index (Phi) is 2.22. The number of rotatable bonds is 1. The van der Waals surface area contributed by atoms with Crippen molar-refractivity contribution in [2.75, 3.05) is 0 Å². The van der Waals surface area contributed by atoms with Crippen LogP contribution in [0.15, 0.2) is 18.2 Å². The lowest BCUT2D eigenvalue weighted by molar-refractivity contribution is 0.484. The highest BCUT2D eigenvalue weighted by atomic mass is 19.1. The minimum absolute atomic E-state index is 0.438. The van der Waals surface area contributed by atoms with E-state index in [1.807, 2.05) is 13.0 Å². The zero-order valence-corrected chi connectivity index (χ0v) is 6.26. The zero-order chi connectivity index (χ0) is 8.27. The fraction of sp³-hybridized carbons (Fsp3) is 0.222. The van der Waals surface area contributed by atoms with Gasteiger partial charge in [0, 0.05) is 5.56 Å². The summed E-state index contributed by atoms with van der Waals surface area (Å²) in [6.45, 7) is 1.31. The van der Waals surface area contributed by atoms with Gasteiger partial charge in [-0.15, -0.1) is 0 Å². The molecule has 56 valence electrons. The molecule has 1 aromatic rings. The Morgan fingerprint density at radius 1 is 1.55 bits per heavy atom. The average molecular weight is 149 g/mol. The van der Waals surface area contributed by atoms with Crippen LogP contribution in [0.25, 0.3) is 0 Å². The first-order chi connectivity index (χ1) is 5.27. The molecule has 0 spiro atoms. The third kappa shape index (κ3) is 1.56. The Balaban J connectivity index is 3.19. The highest BCUT2D eigenvalue weighted by molar-refractivity contribution is 5.39. The van der Waals surface area contributed by atoms with Gasteiger partial charge in [-0.05, 0) is 18.6 Å². The van der Waals surface area contributed by atoms with Crippen LogP contribution in [-0.2, 0) is 6.67 Å². The van der Waals surface area contributed by atoms with E-state index < -0.39 is 6.67 Å². The van der Waals surface area contributed by atoms with Gasteiger partial charge >= 0.3 is 0 Å². The molecule has 0 heterocycles. The first kappa shape index (κ1) is 7.74. The molecule has 0 fully saturated rings. The van der Waals surface area contributed by atoms with Crippen LogP contribution in [0, 0.1) is 18.3 Å². The van der Waals surface area contributed by atoms with Crippen molar-refractivity contribution >= 4 is 0 Å². The van der Waals surface area contributed by atoms with E-state index in [-0.39, 0.29) is 0 Å². The predicted molar refractivity (Wildman–Crippen MR) is 40.7 cm³/mol. The second kappa shape index (κ2) is 3.16. The van der Waals surface area contributed by atoms with Crippen LogP contribution in [0.4, 0.5) is 4.39 Å². The Bertz CT molecular complexity index is 299. The van der Waals surface area contributed by atoms with E-state index in [0.29, 0.717) is 11.1 Å². The van der Waals surface area contributed by atoms with Gasteiger partial charge in [-0.25, -0.2) is 4.39 Å². The summed E-state index contributed by atoms with van der Waals surface area (Å²) in [4.78, 5) is 0. The maximum atomic E-state index is 12.2. The van der Waals surface area contributed by atoms with Crippen molar-refractivity contribution in [2.24, 2.45) is 0 Å². The van der Waals surface area contributed by atoms with Crippen molar-refractivity contribution in [3.05, 3.63) is 34.9 Å². The number of aryl methyl sites for hydroxylation is 1. The molecule has 0 unspecified atom stereocenters. The van der Waals surface area contributed by atoms with Crippen LogP contribution in [0.2, 0.25) is 0 Å². The highest BCUT2D eigenvalue weighted by Gasteiger charge is 1.99. The van der Waals surface area contributed by atoms with E-state index >= 15 is 0 Å². The van der Waals surface area contributed by atoms with Gasteiger partial charge in [-0.3, -0.25) is 0 Å². The number of hydrogen-bond acceptors (Lipinski definition) is 1. The summed E-state index contributed by atoms with van der Waals surface area (Å²) in [5.41, 5.74) is 1.89. The smallest absolute Gasteiger partial charge is 0.116 e. The highest BCUT2D eigenvalue weighted by Crippen LogP contribution is 2.11. The summed E-state index contributed by atoms with van der Waals surface area (Å²) in [5.74, 6) is 0. The maximum Gasteiger partial charge on any atom is 0.116 e. The third-order valence-electron chi connectivity index (χ3n) is 1.53. The largest absolute Gasteiger partial charge is 0.246 e. The third-order valence-corrected chi connectivity index (χ3v) is 1.53. The second-order valence-corrected chi connectivity index (χ2v) is 2.41. The molecule has 0 aliphatic heterocycles. The van der Waals surface area contributed by atoms with E-state index in [0.717, 1.165) is 5.56 Å². The van der Waals surface area contributed by atoms with Crippen LogP contribution >= 0.6 is 0 Å². The van der Waals surface area contributed by atoms with Gasteiger partial charge in [0.15, 0.2) is 0 Å². The molecule has 0 atom stereocenters. The molecule has 0 N–H and O–H groups in total. The minimum atomic E-state index is -0.566. The van der Waals surface area contributed by atoms with Crippen molar-refractivity contribution in [1.29, 1.82) is 5.26 Å². The predicted octanol–water partition coefficient (Wildman–Crippen LogP) is 2.34. The molecule has 11 heavy (non-hydrogen) atoms. The molecular formula is C9H8FN. The number of benzene rings is 1. The summed E-state index contributed by atoms with van der Waals surface area (Å²) in [6.07, 6.45) is 0.